The maximum absolute atomic E-state index is 14.0. The van der Waals surface area contributed by atoms with Crippen LogP contribution < -0.4 is 4.90 Å². The Kier molecular flexibility index (Phi) is 4.18. The first-order valence-electron chi connectivity index (χ1n) is 6.38. The molecule has 1 aliphatic rings. The summed E-state index contributed by atoms with van der Waals surface area (Å²) >= 11 is 0. The molecule has 0 spiro atoms. The van der Waals surface area contributed by atoms with Crippen LogP contribution >= 0.6 is 0 Å². The molecule has 0 unspecified atom stereocenters. The van der Waals surface area contributed by atoms with E-state index < -0.39 is 17.6 Å². The van der Waals surface area contributed by atoms with Gasteiger partial charge in [0.15, 0.2) is 11.6 Å². The van der Waals surface area contributed by atoms with E-state index in [4.69, 9.17) is 10.00 Å². The fourth-order valence-corrected chi connectivity index (χ4v) is 1.99. The first kappa shape index (κ1) is 14.3. The maximum atomic E-state index is 14.0. The van der Waals surface area contributed by atoms with Gasteiger partial charge in [0.05, 0.1) is 17.9 Å². The van der Waals surface area contributed by atoms with Gasteiger partial charge in [0.25, 0.3) is 0 Å². The lowest BCUT2D eigenvalue weighted by Crippen LogP contribution is -2.33. The Morgan fingerprint density at radius 1 is 1.45 bits per heavy atom. The van der Waals surface area contributed by atoms with Crippen LogP contribution in [0.1, 0.15) is 25.3 Å². The third kappa shape index (κ3) is 2.87. The highest BCUT2D eigenvalue weighted by molar-refractivity contribution is 5.76. The molecule has 2 rings (SSSR count). The van der Waals surface area contributed by atoms with Gasteiger partial charge in [-0.3, -0.25) is 4.79 Å². The van der Waals surface area contributed by atoms with Gasteiger partial charge in [-0.2, -0.15) is 5.26 Å². The molecule has 0 aliphatic heterocycles. The van der Waals surface area contributed by atoms with Crippen molar-refractivity contribution >= 4 is 11.7 Å². The average Bonchev–Trinajstić information content (AvgIpc) is 3.24. The van der Waals surface area contributed by atoms with E-state index in [-0.39, 0.29) is 30.4 Å². The smallest absolute Gasteiger partial charge is 0.325 e. The van der Waals surface area contributed by atoms with Crippen molar-refractivity contribution in [3.8, 4) is 6.07 Å². The normalized spacial score (nSPS) is 13.7. The van der Waals surface area contributed by atoms with E-state index in [1.165, 1.54) is 17.0 Å². The minimum absolute atomic E-state index is 0.00273. The molecule has 6 heteroatoms. The predicted octanol–water partition coefficient (Wildman–Crippen LogP) is 2.37. The van der Waals surface area contributed by atoms with E-state index in [1.807, 2.05) is 0 Å². The number of halogens is 2. The Balaban J connectivity index is 2.28. The van der Waals surface area contributed by atoms with Crippen molar-refractivity contribution in [2.45, 2.75) is 25.8 Å². The topological polar surface area (TPSA) is 53.3 Å². The highest BCUT2D eigenvalue weighted by Crippen LogP contribution is 2.34. The van der Waals surface area contributed by atoms with Crippen LogP contribution in [0.4, 0.5) is 14.5 Å². The van der Waals surface area contributed by atoms with Gasteiger partial charge in [0.1, 0.15) is 12.6 Å². The van der Waals surface area contributed by atoms with Crippen molar-refractivity contribution < 1.29 is 18.3 Å². The molecule has 20 heavy (non-hydrogen) atoms. The van der Waals surface area contributed by atoms with Crippen LogP contribution in [0.3, 0.4) is 0 Å². The number of esters is 1. The highest BCUT2D eigenvalue weighted by Gasteiger charge is 2.33. The van der Waals surface area contributed by atoms with E-state index in [1.54, 1.807) is 13.0 Å². The third-order valence-electron chi connectivity index (χ3n) is 3.08. The summed E-state index contributed by atoms with van der Waals surface area (Å²) in [4.78, 5) is 13.0. The molecule has 1 saturated carbocycles. The standard InChI is InChI=1S/C14H14F2N2O2/c1-2-20-12(19)8-18(10-4-5-10)11-6-3-9(7-17)13(15)14(11)16/h3,6,10H,2,4-5,8H2,1H3. The van der Waals surface area contributed by atoms with Gasteiger partial charge < -0.3 is 9.64 Å². The lowest BCUT2D eigenvalue weighted by molar-refractivity contribution is -0.141. The number of hydrogen-bond donors (Lipinski definition) is 0. The highest BCUT2D eigenvalue weighted by atomic mass is 19.2. The summed E-state index contributed by atoms with van der Waals surface area (Å²) < 4.78 is 32.5. The molecule has 0 N–H and O–H groups in total. The number of carbonyl (C=O) groups excluding carboxylic acids is 1. The second-order valence-electron chi connectivity index (χ2n) is 4.54. The maximum Gasteiger partial charge on any atom is 0.325 e. The quantitative estimate of drug-likeness (QED) is 0.777. The Hall–Kier alpha value is -2.16. The number of nitrogens with zero attached hydrogens (tertiary/aromatic N) is 2. The molecular formula is C14H14F2N2O2. The van der Waals surface area contributed by atoms with Gasteiger partial charge in [-0.25, -0.2) is 8.78 Å². The van der Waals surface area contributed by atoms with Crippen LogP contribution in [0.25, 0.3) is 0 Å². The van der Waals surface area contributed by atoms with Crippen molar-refractivity contribution in [3.05, 3.63) is 29.3 Å². The van der Waals surface area contributed by atoms with Crippen molar-refractivity contribution in [3.63, 3.8) is 0 Å². The molecule has 0 bridgehead atoms. The summed E-state index contributed by atoms with van der Waals surface area (Å²) in [6.45, 7) is 1.80. The SMILES string of the molecule is CCOC(=O)CN(c1ccc(C#N)c(F)c1F)C1CC1. The van der Waals surface area contributed by atoms with Crippen LogP contribution in [0.15, 0.2) is 12.1 Å². The first-order valence-corrected chi connectivity index (χ1v) is 6.38. The van der Waals surface area contributed by atoms with Crippen molar-refractivity contribution in [1.82, 2.24) is 0 Å². The van der Waals surface area contributed by atoms with Gasteiger partial charge in [0, 0.05) is 6.04 Å². The van der Waals surface area contributed by atoms with Gasteiger partial charge in [0.2, 0.25) is 0 Å². The minimum atomic E-state index is -1.18. The molecule has 0 saturated heterocycles. The predicted molar refractivity (Wildman–Crippen MR) is 68.1 cm³/mol. The number of nitriles is 1. The van der Waals surface area contributed by atoms with Crippen LogP contribution in [0.5, 0.6) is 0 Å². The van der Waals surface area contributed by atoms with Crippen LogP contribution in [-0.2, 0) is 9.53 Å². The van der Waals surface area contributed by atoms with E-state index in [0.29, 0.717) is 0 Å². The Morgan fingerprint density at radius 3 is 2.70 bits per heavy atom. The zero-order valence-corrected chi connectivity index (χ0v) is 11.0. The average molecular weight is 280 g/mol. The molecule has 1 aromatic rings. The van der Waals surface area contributed by atoms with Crippen LogP contribution in [0.2, 0.25) is 0 Å². The minimum Gasteiger partial charge on any atom is -0.465 e. The number of hydrogen-bond acceptors (Lipinski definition) is 4. The number of anilines is 1. The molecule has 0 heterocycles. The molecule has 1 aliphatic carbocycles. The van der Waals surface area contributed by atoms with Crippen LogP contribution in [-0.4, -0.2) is 25.2 Å². The van der Waals surface area contributed by atoms with Gasteiger partial charge in [-0.15, -0.1) is 0 Å². The number of benzene rings is 1. The Labute approximate surface area is 115 Å². The van der Waals surface area contributed by atoms with Crippen molar-refractivity contribution in [2.24, 2.45) is 0 Å². The van der Waals surface area contributed by atoms with Gasteiger partial charge >= 0.3 is 5.97 Å². The van der Waals surface area contributed by atoms with Crippen molar-refractivity contribution in [1.29, 1.82) is 5.26 Å². The first-order chi connectivity index (χ1) is 9.58. The van der Waals surface area contributed by atoms with Crippen LogP contribution in [0, 0.1) is 23.0 Å². The summed E-state index contributed by atoms with van der Waals surface area (Å²) in [7, 11) is 0. The summed E-state index contributed by atoms with van der Waals surface area (Å²) in [5.74, 6) is -2.76. The lowest BCUT2D eigenvalue weighted by atomic mass is 10.1. The Morgan fingerprint density at radius 2 is 2.15 bits per heavy atom. The van der Waals surface area contributed by atoms with Gasteiger partial charge in [-0.1, -0.05) is 0 Å². The molecule has 106 valence electrons. The van der Waals surface area contributed by atoms with E-state index >= 15 is 0 Å². The number of rotatable bonds is 5. The number of ether oxygens (including phenoxy) is 1. The molecular weight excluding hydrogens is 266 g/mol. The van der Waals surface area contributed by atoms with Gasteiger partial charge in [-0.05, 0) is 31.9 Å². The molecule has 1 fully saturated rings. The zero-order valence-electron chi connectivity index (χ0n) is 11.0. The second kappa shape index (κ2) is 5.87. The summed E-state index contributed by atoms with van der Waals surface area (Å²) in [5.41, 5.74) is -0.352. The largest absolute Gasteiger partial charge is 0.465 e. The van der Waals surface area contributed by atoms with E-state index in [0.717, 1.165) is 12.8 Å². The fourth-order valence-electron chi connectivity index (χ4n) is 1.99. The Bertz CT molecular complexity index is 565. The summed E-state index contributed by atoms with van der Waals surface area (Å²) in [6.07, 6.45) is 1.64. The summed E-state index contributed by atoms with van der Waals surface area (Å²) in [6, 6.07) is 4.14. The number of carbonyl (C=O) groups is 1. The van der Waals surface area contributed by atoms with E-state index in [2.05, 4.69) is 0 Å². The fraction of sp³-hybridized carbons (Fsp3) is 0.429. The molecule has 4 nitrogen and oxygen atoms in total. The molecule has 0 amide bonds. The monoisotopic (exact) mass is 280 g/mol. The molecule has 1 aromatic carbocycles. The third-order valence-corrected chi connectivity index (χ3v) is 3.08. The molecule has 0 atom stereocenters. The second-order valence-corrected chi connectivity index (χ2v) is 4.54. The lowest BCUT2D eigenvalue weighted by Gasteiger charge is -2.24. The molecule has 0 aromatic heterocycles. The summed E-state index contributed by atoms with van der Waals surface area (Å²) in [5, 5.41) is 8.66. The zero-order chi connectivity index (χ0) is 14.7. The van der Waals surface area contributed by atoms with Crippen molar-refractivity contribution in [2.75, 3.05) is 18.1 Å². The van der Waals surface area contributed by atoms with E-state index in [9.17, 15) is 13.6 Å². The molecule has 0 radical (unpaired) electrons.